The molecule has 0 amide bonds. The first-order valence-electron chi connectivity index (χ1n) is 9.81. The summed E-state index contributed by atoms with van der Waals surface area (Å²) in [5.41, 5.74) is 0.915. The van der Waals surface area contributed by atoms with Crippen molar-refractivity contribution in [2.45, 2.75) is 30.7 Å². The molecule has 9 nitrogen and oxygen atoms in total. The minimum atomic E-state index is -4.29. The molecule has 0 bridgehead atoms. The lowest BCUT2D eigenvalue weighted by molar-refractivity contribution is 0.314. The van der Waals surface area contributed by atoms with Crippen LogP contribution in [0.4, 0.5) is 10.1 Å². The van der Waals surface area contributed by atoms with E-state index in [4.69, 9.17) is 32.4 Å². The molecular weight excluding hydrogens is 498 g/mol. The van der Waals surface area contributed by atoms with Gasteiger partial charge >= 0.3 is 5.76 Å². The fourth-order valence-electron chi connectivity index (χ4n) is 3.75. The minimum Gasteiger partial charge on any atom is -0.488 e. The number of nitrogens with zero attached hydrogens (tertiary/aromatic N) is 1. The van der Waals surface area contributed by atoms with E-state index in [1.54, 1.807) is 13.8 Å². The second-order valence-electron chi connectivity index (χ2n) is 7.43. The molecule has 1 aliphatic rings. The van der Waals surface area contributed by atoms with Gasteiger partial charge in [0.25, 0.3) is 0 Å². The lowest BCUT2D eigenvalue weighted by atomic mass is 9.90. The molecule has 0 aliphatic carbocycles. The van der Waals surface area contributed by atoms with Gasteiger partial charge in [0.1, 0.15) is 23.4 Å². The second-order valence-corrected chi connectivity index (χ2v) is 9.93. The van der Waals surface area contributed by atoms with E-state index in [1.807, 2.05) is 0 Å². The third-order valence-corrected chi connectivity index (χ3v) is 7.55. The quantitative estimate of drug-likeness (QED) is 0.455. The molecule has 2 atom stereocenters. The third kappa shape index (κ3) is 4.45. The summed E-state index contributed by atoms with van der Waals surface area (Å²) in [5.74, 6) is -2.56. The van der Waals surface area contributed by atoms with Gasteiger partial charge in [-0.1, -0.05) is 30.1 Å². The highest BCUT2D eigenvalue weighted by Crippen LogP contribution is 2.41. The van der Waals surface area contributed by atoms with Gasteiger partial charge in [0.15, 0.2) is 5.75 Å². The Morgan fingerprint density at radius 2 is 1.94 bits per heavy atom. The molecule has 0 radical (unpaired) electrons. The van der Waals surface area contributed by atoms with E-state index in [1.165, 1.54) is 24.3 Å². The Bertz CT molecular complexity index is 1380. The molecule has 0 saturated carbocycles. The van der Waals surface area contributed by atoms with Crippen LogP contribution < -0.4 is 20.5 Å². The minimum absolute atomic E-state index is 0.0567. The Labute approximate surface area is 198 Å². The summed E-state index contributed by atoms with van der Waals surface area (Å²) in [7, 11) is -4.29. The zero-order valence-electron chi connectivity index (χ0n) is 17.4. The highest BCUT2D eigenvalue weighted by molar-refractivity contribution is 7.89. The molecule has 0 fully saturated rings. The number of aromatic nitrogens is 2. The Morgan fingerprint density at radius 3 is 2.64 bits per heavy atom. The maximum Gasteiger partial charge on any atom is 0.434 e. The first kappa shape index (κ1) is 23.6. The molecule has 4 rings (SSSR count). The number of nitrogens with one attached hydrogen (secondary N) is 3. The number of rotatable bonds is 6. The summed E-state index contributed by atoms with van der Waals surface area (Å²) >= 11 is 12.3. The zero-order valence-corrected chi connectivity index (χ0v) is 19.7. The van der Waals surface area contributed by atoms with Gasteiger partial charge < -0.3 is 14.5 Å². The number of sulfonamides is 1. The SMILES string of the molecule is Cc1c(Cl)ccc(F)c1[C@@H](C)[C@H](NS(=O)(=O)c1ccc(Cl)c2c1OCCN2)c1n[nH]c(=O)o1. The lowest BCUT2D eigenvalue weighted by Gasteiger charge is -2.26. The summed E-state index contributed by atoms with van der Waals surface area (Å²) in [6, 6.07) is 4.04. The van der Waals surface area contributed by atoms with Crippen LogP contribution in [0.5, 0.6) is 5.75 Å². The van der Waals surface area contributed by atoms with Crippen LogP contribution in [0.25, 0.3) is 0 Å². The van der Waals surface area contributed by atoms with E-state index < -0.39 is 33.6 Å². The predicted molar refractivity (Wildman–Crippen MR) is 120 cm³/mol. The number of hydrogen-bond donors (Lipinski definition) is 3. The number of hydrogen-bond acceptors (Lipinski definition) is 7. The Morgan fingerprint density at radius 1 is 1.21 bits per heavy atom. The summed E-state index contributed by atoms with van der Waals surface area (Å²) in [6.45, 7) is 3.86. The molecule has 3 N–H and O–H groups in total. The van der Waals surface area contributed by atoms with Crippen LogP contribution in [-0.4, -0.2) is 31.8 Å². The number of benzene rings is 2. The van der Waals surface area contributed by atoms with E-state index >= 15 is 0 Å². The Balaban J connectivity index is 1.81. The first-order chi connectivity index (χ1) is 15.6. The van der Waals surface area contributed by atoms with E-state index in [-0.39, 0.29) is 28.7 Å². The van der Waals surface area contributed by atoms with Gasteiger partial charge in [0.05, 0.1) is 10.7 Å². The highest BCUT2D eigenvalue weighted by Gasteiger charge is 2.35. The number of fused-ring (bicyclic) bond motifs is 1. The number of halogens is 3. The number of ether oxygens (including phenoxy) is 1. The van der Waals surface area contributed by atoms with E-state index in [0.717, 1.165) is 0 Å². The second kappa shape index (κ2) is 8.98. The van der Waals surface area contributed by atoms with E-state index in [2.05, 4.69) is 20.2 Å². The lowest BCUT2D eigenvalue weighted by Crippen LogP contribution is -2.33. The van der Waals surface area contributed by atoms with Crippen molar-refractivity contribution in [1.29, 1.82) is 0 Å². The zero-order chi connectivity index (χ0) is 23.9. The van der Waals surface area contributed by atoms with Gasteiger partial charge in [-0.3, -0.25) is 0 Å². The molecule has 2 aromatic carbocycles. The maximum absolute atomic E-state index is 14.8. The van der Waals surface area contributed by atoms with Crippen LogP contribution in [-0.2, 0) is 10.0 Å². The van der Waals surface area contributed by atoms with Crippen molar-refractivity contribution in [3.8, 4) is 5.75 Å². The van der Waals surface area contributed by atoms with Gasteiger partial charge in [-0.2, -0.15) is 4.72 Å². The molecule has 1 aliphatic heterocycles. The molecule has 0 saturated heterocycles. The van der Waals surface area contributed by atoms with Crippen LogP contribution in [0.3, 0.4) is 0 Å². The van der Waals surface area contributed by atoms with Gasteiger partial charge in [-0.15, -0.1) is 5.10 Å². The maximum atomic E-state index is 14.8. The fraction of sp³-hybridized carbons (Fsp3) is 0.300. The van der Waals surface area contributed by atoms with Crippen molar-refractivity contribution >= 4 is 38.9 Å². The molecule has 3 aromatic rings. The molecule has 0 spiro atoms. The first-order valence-corrected chi connectivity index (χ1v) is 12.1. The van der Waals surface area contributed by atoms with Crippen molar-refractivity contribution < 1.29 is 22.0 Å². The van der Waals surface area contributed by atoms with E-state index in [9.17, 15) is 17.6 Å². The van der Waals surface area contributed by atoms with Gasteiger partial charge in [0.2, 0.25) is 15.9 Å². The largest absolute Gasteiger partial charge is 0.488 e. The standard InChI is InChI=1S/C20H19Cl2FN4O5S/c1-9-11(21)3-5-13(23)15(9)10(2)16(19-25-26-20(28)32-19)27-33(29,30)14-6-4-12(22)17-18(14)31-8-7-24-17/h3-6,10,16,24,27H,7-8H2,1-2H3,(H,26,28)/t10-,16+/m1/s1. The van der Waals surface area contributed by atoms with Gasteiger partial charge in [-0.25, -0.2) is 22.7 Å². The van der Waals surface area contributed by atoms with E-state index in [0.29, 0.717) is 27.8 Å². The molecule has 13 heteroatoms. The summed E-state index contributed by atoms with van der Waals surface area (Å²) in [6.07, 6.45) is 0. The molecular formula is C20H19Cl2FN4O5S. The summed E-state index contributed by atoms with van der Waals surface area (Å²) < 4.78 is 54.8. The number of aromatic amines is 1. The third-order valence-electron chi connectivity index (χ3n) is 5.36. The van der Waals surface area contributed by atoms with Crippen LogP contribution in [0.15, 0.2) is 38.4 Å². The molecule has 176 valence electrons. The molecule has 0 unspecified atom stereocenters. The van der Waals surface area contributed by atoms with Crippen molar-refractivity contribution in [2.24, 2.45) is 0 Å². The highest BCUT2D eigenvalue weighted by atomic mass is 35.5. The molecule has 2 heterocycles. The average molecular weight is 517 g/mol. The number of H-pyrrole nitrogens is 1. The molecule has 1 aromatic heterocycles. The van der Waals surface area contributed by atoms with Gasteiger partial charge in [-0.05, 0) is 42.3 Å². The van der Waals surface area contributed by atoms with Crippen LogP contribution in [0, 0.1) is 12.7 Å². The smallest absolute Gasteiger partial charge is 0.434 e. The van der Waals surface area contributed by atoms with Crippen molar-refractivity contribution in [2.75, 3.05) is 18.5 Å². The Kier molecular flexibility index (Phi) is 6.41. The number of anilines is 1. The summed E-state index contributed by atoms with van der Waals surface area (Å²) in [5, 5.41) is 9.48. The van der Waals surface area contributed by atoms with Crippen LogP contribution in [0.1, 0.15) is 35.9 Å². The molecule has 33 heavy (non-hydrogen) atoms. The Hall–Kier alpha value is -2.60. The average Bonchev–Trinajstić information content (AvgIpc) is 3.21. The fourth-order valence-corrected chi connectivity index (χ4v) is 5.55. The van der Waals surface area contributed by atoms with Crippen molar-refractivity contribution in [1.82, 2.24) is 14.9 Å². The monoisotopic (exact) mass is 516 g/mol. The van der Waals surface area contributed by atoms with Crippen molar-refractivity contribution in [3.05, 3.63) is 67.7 Å². The normalized spacial score (nSPS) is 15.3. The summed E-state index contributed by atoms with van der Waals surface area (Å²) in [4.78, 5) is 11.4. The van der Waals surface area contributed by atoms with Crippen LogP contribution in [0.2, 0.25) is 10.0 Å². The predicted octanol–water partition coefficient (Wildman–Crippen LogP) is 3.74. The van der Waals surface area contributed by atoms with Gasteiger partial charge in [0, 0.05) is 17.5 Å². The van der Waals surface area contributed by atoms with Crippen molar-refractivity contribution in [3.63, 3.8) is 0 Å². The topological polar surface area (TPSA) is 126 Å². The van der Waals surface area contributed by atoms with Crippen LogP contribution >= 0.6 is 23.2 Å².